The van der Waals surface area contributed by atoms with Gasteiger partial charge in [0.2, 0.25) is 0 Å². The molecule has 25 heavy (non-hydrogen) atoms. The third kappa shape index (κ3) is 5.50. The van der Waals surface area contributed by atoms with Crippen LogP contribution in [0, 0.1) is 0 Å². The first-order valence-electron chi connectivity index (χ1n) is 7.90. The van der Waals surface area contributed by atoms with E-state index in [0.717, 1.165) is 5.56 Å². The summed E-state index contributed by atoms with van der Waals surface area (Å²) in [6.07, 6.45) is -0.653. The Balaban J connectivity index is 1.95. The molecule has 2 rings (SSSR count). The van der Waals surface area contributed by atoms with Crippen LogP contribution in [0.4, 0.5) is 5.69 Å². The van der Waals surface area contributed by atoms with Crippen molar-refractivity contribution in [1.82, 2.24) is 0 Å². The Morgan fingerprint density at radius 1 is 1.12 bits per heavy atom. The summed E-state index contributed by atoms with van der Waals surface area (Å²) in [6, 6.07) is 14.1. The van der Waals surface area contributed by atoms with E-state index in [9.17, 15) is 9.59 Å². The number of carbonyl (C=O) groups is 2. The number of ether oxygens (including phenoxy) is 1. The fourth-order valence-electron chi connectivity index (χ4n) is 2.30. The Morgan fingerprint density at radius 3 is 2.36 bits per heavy atom. The van der Waals surface area contributed by atoms with Crippen LogP contribution in [0.1, 0.15) is 31.7 Å². The molecule has 0 aromatic heterocycles. The van der Waals surface area contributed by atoms with Gasteiger partial charge in [0.1, 0.15) is 5.75 Å². The minimum Gasteiger partial charge on any atom is -0.481 e. The lowest BCUT2D eigenvalue weighted by atomic mass is 9.98. The van der Waals surface area contributed by atoms with Gasteiger partial charge in [-0.1, -0.05) is 42.8 Å². The van der Waals surface area contributed by atoms with Crippen molar-refractivity contribution in [3.63, 3.8) is 0 Å². The summed E-state index contributed by atoms with van der Waals surface area (Å²) in [5.74, 6) is -0.781. The predicted octanol–water partition coefficient (Wildman–Crippen LogP) is 4.32. The molecular weight excluding hydrogens is 342 g/mol. The second kappa shape index (κ2) is 8.53. The standard InChI is InChI=1S/C19H20ClNO4/c1-12(11-18(22)23)14-7-9-15(10-8-14)21-19(24)13(2)25-17-6-4-3-5-16(17)20/h3-10,12-13H,11H2,1-2H3,(H,21,24)(H,22,23). The van der Waals surface area contributed by atoms with Crippen molar-refractivity contribution in [2.75, 3.05) is 5.32 Å². The van der Waals surface area contributed by atoms with Gasteiger partial charge in [0.25, 0.3) is 5.91 Å². The van der Waals surface area contributed by atoms with Crippen LogP contribution in [0.15, 0.2) is 48.5 Å². The van der Waals surface area contributed by atoms with Crippen LogP contribution in [-0.4, -0.2) is 23.1 Å². The molecule has 2 N–H and O–H groups in total. The average Bonchev–Trinajstić information content (AvgIpc) is 2.56. The number of halogens is 1. The monoisotopic (exact) mass is 361 g/mol. The van der Waals surface area contributed by atoms with E-state index in [4.69, 9.17) is 21.4 Å². The number of anilines is 1. The zero-order valence-electron chi connectivity index (χ0n) is 14.0. The Bertz CT molecular complexity index is 745. The molecule has 0 heterocycles. The summed E-state index contributed by atoms with van der Waals surface area (Å²) in [5, 5.41) is 12.0. The highest BCUT2D eigenvalue weighted by Gasteiger charge is 2.16. The quantitative estimate of drug-likeness (QED) is 0.769. The zero-order valence-corrected chi connectivity index (χ0v) is 14.8. The summed E-state index contributed by atoms with van der Waals surface area (Å²) in [4.78, 5) is 23.0. The van der Waals surface area contributed by atoms with E-state index in [1.54, 1.807) is 43.3 Å². The molecule has 0 radical (unpaired) electrons. The van der Waals surface area contributed by atoms with Gasteiger partial charge < -0.3 is 15.2 Å². The Kier molecular flexibility index (Phi) is 6.42. The summed E-state index contributed by atoms with van der Waals surface area (Å²) in [7, 11) is 0. The highest BCUT2D eigenvalue weighted by atomic mass is 35.5. The predicted molar refractivity (Wildman–Crippen MR) is 97.3 cm³/mol. The Hall–Kier alpha value is -2.53. The van der Waals surface area contributed by atoms with Gasteiger partial charge in [-0.25, -0.2) is 0 Å². The van der Waals surface area contributed by atoms with Crippen LogP contribution < -0.4 is 10.1 Å². The molecule has 132 valence electrons. The van der Waals surface area contributed by atoms with Gasteiger partial charge in [-0.2, -0.15) is 0 Å². The van der Waals surface area contributed by atoms with Gasteiger partial charge in [-0.3, -0.25) is 9.59 Å². The van der Waals surface area contributed by atoms with Crippen molar-refractivity contribution in [3.05, 3.63) is 59.1 Å². The topological polar surface area (TPSA) is 75.6 Å². The van der Waals surface area contributed by atoms with Gasteiger partial charge >= 0.3 is 5.97 Å². The Labute approximate surface area is 151 Å². The van der Waals surface area contributed by atoms with Crippen molar-refractivity contribution in [2.45, 2.75) is 32.3 Å². The van der Waals surface area contributed by atoms with Gasteiger partial charge in [0.05, 0.1) is 11.4 Å². The van der Waals surface area contributed by atoms with Gasteiger partial charge in [0, 0.05) is 5.69 Å². The number of para-hydroxylation sites is 1. The lowest BCUT2D eigenvalue weighted by Gasteiger charge is -2.16. The maximum atomic E-state index is 12.2. The molecule has 0 saturated carbocycles. The van der Waals surface area contributed by atoms with Gasteiger partial charge in [0.15, 0.2) is 6.10 Å². The largest absolute Gasteiger partial charge is 0.481 e. The molecule has 6 heteroatoms. The first-order chi connectivity index (χ1) is 11.9. The number of benzene rings is 2. The lowest BCUT2D eigenvalue weighted by molar-refractivity contribution is -0.137. The van der Waals surface area contributed by atoms with E-state index >= 15 is 0 Å². The second-order valence-corrected chi connectivity index (χ2v) is 6.21. The van der Waals surface area contributed by atoms with E-state index < -0.39 is 12.1 Å². The maximum Gasteiger partial charge on any atom is 0.303 e. The van der Waals surface area contributed by atoms with Crippen LogP contribution in [0.2, 0.25) is 5.02 Å². The molecule has 0 aliphatic heterocycles. The molecule has 2 aromatic rings. The van der Waals surface area contributed by atoms with Crippen molar-refractivity contribution in [2.24, 2.45) is 0 Å². The van der Waals surface area contributed by atoms with Crippen LogP contribution >= 0.6 is 11.6 Å². The third-order valence-corrected chi connectivity index (χ3v) is 4.05. The number of aliphatic carboxylic acids is 1. The number of carbonyl (C=O) groups excluding carboxylic acids is 1. The fourth-order valence-corrected chi connectivity index (χ4v) is 2.48. The molecule has 0 saturated heterocycles. The molecule has 5 nitrogen and oxygen atoms in total. The Morgan fingerprint density at radius 2 is 1.76 bits per heavy atom. The SMILES string of the molecule is CC(Oc1ccccc1Cl)C(=O)Nc1ccc(C(C)CC(=O)O)cc1. The van der Waals surface area contributed by atoms with Gasteiger partial charge in [-0.15, -0.1) is 0 Å². The molecule has 0 spiro atoms. The number of nitrogens with one attached hydrogen (secondary N) is 1. The lowest BCUT2D eigenvalue weighted by Crippen LogP contribution is -2.30. The first-order valence-corrected chi connectivity index (χ1v) is 8.28. The summed E-state index contributed by atoms with van der Waals surface area (Å²) >= 11 is 6.02. The number of rotatable bonds is 7. The normalized spacial score (nSPS) is 12.9. The zero-order chi connectivity index (χ0) is 18.4. The molecule has 0 bridgehead atoms. The number of carboxylic acid groups (broad SMARTS) is 1. The molecule has 0 aliphatic rings. The first kappa shape index (κ1) is 18.8. The van der Waals surface area contributed by atoms with Crippen molar-refractivity contribution < 1.29 is 19.4 Å². The van der Waals surface area contributed by atoms with Crippen LogP contribution in [0.3, 0.4) is 0 Å². The fraction of sp³-hybridized carbons (Fsp3) is 0.263. The molecule has 2 aromatic carbocycles. The third-order valence-electron chi connectivity index (χ3n) is 3.74. The molecule has 0 aliphatic carbocycles. The smallest absolute Gasteiger partial charge is 0.303 e. The van der Waals surface area contributed by atoms with E-state index in [1.807, 2.05) is 19.1 Å². The molecule has 0 fully saturated rings. The second-order valence-electron chi connectivity index (χ2n) is 5.80. The minimum absolute atomic E-state index is 0.0639. The number of hydrogen-bond acceptors (Lipinski definition) is 3. The van der Waals surface area contributed by atoms with Crippen LogP contribution in [0.5, 0.6) is 5.75 Å². The molecule has 1 amide bonds. The maximum absolute atomic E-state index is 12.2. The number of amides is 1. The average molecular weight is 362 g/mol. The number of hydrogen-bond donors (Lipinski definition) is 2. The van der Waals surface area contributed by atoms with Crippen molar-refractivity contribution in [3.8, 4) is 5.75 Å². The van der Waals surface area contributed by atoms with Crippen molar-refractivity contribution >= 4 is 29.2 Å². The minimum atomic E-state index is -0.838. The van der Waals surface area contributed by atoms with E-state index in [0.29, 0.717) is 16.5 Å². The molecular formula is C19H20ClNO4. The van der Waals surface area contributed by atoms with E-state index in [-0.39, 0.29) is 18.2 Å². The van der Waals surface area contributed by atoms with Gasteiger partial charge in [-0.05, 0) is 42.7 Å². The number of carboxylic acids is 1. The van der Waals surface area contributed by atoms with E-state index in [2.05, 4.69) is 5.32 Å². The summed E-state index contributed by atoms with van der Waals surface area (Å²) in [5.41, 5.74) is 1.52. The molecule has 2 unspecified atom stereocenters. The van der Waals surface area contributed by atoms with Crippen LogP contribution in [0.25, 0.3) is 0 Å². The van der Waals surface area contributed by atoms with Crippen LogP contribution in [-0.2, 0) is 9.59 Å². The molecule has 2 atom stereocenters. The van der Waals surface area contributed by atoms with Crippen molar-refractivity contribution in [1.29, 1.82) is 0 Å². The highest BCUT2D eigenvalue weighted by Crippen LogP contribution is 2.25. The summed E-state index contributed by atoms with van der Waals surface area (Å²) < 4.78 is 5.58. The highest BCUT2D eigenvalue weighted by molar-refractivity contribution is 6.32. The van der Waals surface area contributed by atoms with E-state index in [1.165, 1.54) is 0 Å². The summed E-state index contributed by atoms with van der Waals surface area (Å²) in [6.45, 7) is 3.49.